The number of carbonyl (C=O) groups excluding carboxylic acids is 1. The van der Waals surface area contributed by atoms with Crippen molar-refractivity contribution >= 4 is 30.6 Å². The maximum atomic E-state index is 14.0. The summed E-state index contributed by atoms with van der Waals surface area (Å²) in [5.74, 6) is 0.00554. The van der Waals surface area contributed by atoms with Crippen molar-refractivity contribution in [1.82, 2.24) is 24.6 Å². The number of hydrogen-bond donors (Lipinski definition) is 2. The molecular weight excluding hydrogens is 495 g/mol. The number of nitrogens with one attached hydrogen (secondary N) is 1. The molecule has 0 aliphatic rings. The molecule has 11 nitrogen and oxygen atoms in total. The number of ether oxygens (including phenoxy) is 2. The molecule has 0 spiro atoms. The second-order valence-corrected chi connectivity index (χ2v) is 10.2. The zero-order chi connectivity index (χ0) is 26.1. The quantitative estimate of drug-likeness (QED) is 0.152. The van der Waals surface area contributed by atoms with Crippen LogP contribution in [0.15, 0.2) is 73.2 Å². The van der Waals surface area contributed by atoms with Crippen molar-refractivity contribution in [2.75, 3.05) is 25.3 Å². The summed E-state index contributed by atoms with van der Waals surface area (Å²) in [7, 11) is -3.72. The van der Waals surface area contributed by atoms with Crippen LogP contribution in [-0.4, -0.2) is 51.1 Å². The Bertz CT molecular complexity index is 1350. The van der Waals surface area contributed by atoms with E-state index in [1.165, 1.54) is 0 Å². The molecule has 2 atom stereocenters. The van der Waals surface area contributed by atoms with Gasteiger partial charge >= 0.3 is 13.5 Å². The number of nitrogen functional groups attached to an aromatic ring is 1. The highest BCUT2D eigenvalue weighted by molar-refractivity contribution is 7.57. The summed E-state index contributed by atoms with van der Waals surface area (Å²) in [6, 6.07) is 17.2. The van der Waals surface area contributed by atoms with Gasteiger partial charge in [0.25, 0.3) is 0 Å². The fraction of sp³-hybridized carbons (Fsp3) is 0.280. The molecule has 2 aromatic heterocycles. The summed E-state index contributed by atoms with van der Waals surface area (Å²) in [5, 5.41) is 2.92. The molecule has 4 rings (SSSR count). The summed E-state index contributed by atoms with van der Waals surface area (Å²) in [5.41, 5.74) is 7.75. The van der Waals surface area contributed by atoms with E-state index < -0.39 is 19.5 Å². The molecule has 0 aliphatic carbocycles. The van der Waals surface area contributed by atoms with Crippen LogP contribution in [-0.2, 0) is 31.8 Å². The number of para-hydroxylation sites is 1. The van der Waals surface area contributed by atoms with Crippen molar-refractivity contribution < 1.29 is 23.4 Å². The highest BCUT2D eigenvalue weighted by Gasteiger charge is 2.33. The predicted molar refractivity (Wildman–Crippen MR) is 139 cm³/mol. The fourth-order valence-corrected chi connectivity index (χ4v) is 5.32. The number of imidazole rings is 1. The first-order chi connectivity index (χ1) is 18.0. The van der Waals surface area contributed by atoms with Crippen molar-refractivity contribution in [1.29, 1.82) is 0 Å². The van der Waals surface area contributed by atoms with Crippen molar-refractivity contribution in [2.24, 2.45) is 0 Å². The Morgan fingerprint density at radius 1 is 1.11 bits per heavy atom. The predicted octanol–water partition coefficient (Wildman–Crippen LogP) is 3.42. The second kappa shape index (κ2) is 12.4. The SMILES string of the molecule is CCOC(=O)[C@H](Cc1ccccc1)NP(=O)(COCCn1cnc2cnc(N)nc21)Oc1ccccc1. The number of carbonyl (C=O) groups is 1. The van der Waals surface area contributed by atoms with Crippen LogP contribution in [0.2, 0.25) is 0 Å². The zero-order valence-corrected chi connectivity index (χ0v) is 21.3. The van der Waals surface area contributed by atoms with Crippen LogP contribution in [0.3, 0.4) is 0 Å². The van der Waals surface area contributed by atoms with Crippen molar-refractivity contribution in [3.8, 4) is 5.75 Å². The first kappa shape index (κ1) is 26.3. The number of rotatable bonds is 13. The summed E-state index contributed by atoms with van der Waals surface area (Å²) >= 11 is 0. The molecule has 194 valence electrons. The first-order valence-corrected chi connectivity index (χ1v) is 13.6. The molecule has 37 heavy (non-hydrogen) atoms. The maximum absolute atomic E-state index is 14.0. The largest absolute Gasteiger partial charge is 0.465 e. The van der Waals surface area contributed by atoms with E-state index in [2.05, 4.69) is 20.0 Å². The fourth-order valence-electron chi connectivity index (χ4n) is 3.63. The van der Waals surface area contributed by atoms with E-state index in [0.29, 0.717) is 23.5 Å². The van der Waals surface area contributed by atoms with Gasteiger partial charge in [0.15, 0.2) is 5.65 Å². The van der Waals surface area contributed by atoms with Gasteiger partial charge in [0, 0.05) is 6.54 Å². The number of nitrogens with two attached hydrogens (primary N) is 1. The summed E-state index contributed by atoms with van der Waals surface area (Å²) < 4.78 is 32.7. The van der Waals surface area contributed by atoms with E-state index in [-0.39, 0.29) is 31.9 Å². The lowest BCUT2D eigenvalue weighted by Gasteiger charge is -2.25. The molecule has 0 fully saturated rings. The molecule has 2 heterocycles. The monoisotopic (exact) mass is 524 g/mol. The number of hydrogen-bond acceptors (Lipinski definition) is 9. The van der Waals surface area contributed by atoms with Gasteiger partial charge in [-0.15, -0.1) is 0 Å². The number of benzene rings is 2. The Labute approximate surface area is 214 Å². The molecule has 3 N–H and O–H groups in total. The molecule has 4 aromatic rings. The lowest BCUT2D eigenvalue weighted by Crippen LogP contribution is -2.39. The van der Waals surface area contributed by atoms with Gasteiger partial charge in [0.2, 0.25) is 5.95 Å². The molecule has 2 aromatic carbocycles. The van der Waals surface area contributed by atoms with Crippen LogP contribution in [0.1, 0.15) is 12.5 Å². The van der Waals surface area contributed by atoms with Gasteiger partial charge in [-0.25, -0.2) is 15.1 Å². The summed E-state index contributed by atoms with van der Waals surface area (Å²) in [4.78, 5) is 25.2. The Hall–Kier alpha value is -3.79. The average molecular weight is 525 g/mol. The zero-order valence-electron chi connectivity index (χ0n) is 20.4. The number of aromatic nitrogens is 4. The van der Waals surface area contributed by atoms with E-state index in [9.17, 15) is 9.36 Å². The Balaban J connectivity index is 1.48. The molecule has 0 radical (unpaired) electrons. The Morgan fingerprint density at radius 3 is 2.57 bits per heavy atom. The standard InChI is InChI=1S/C25H29N6O5P/c1-2-35-24(32)21(15-19-9-5-3-6-10-19)30-37(33,36-20-11-7-4-8-12-20)18-34-14-13-31-17-28-22-16-27-25(26)29-23(22)31/h3-12,16-17,21H,2,13-15,18H2,1H3,(H,30,33)(H2,26,27,29)/t21-,37?/m0/s1. The minimum atomic E-state index is -3.72. The topological polar surface area (TPSA) is 143 Å². The van der Waals surface area contributed by atoms with Crippen LogP contribution in [0, 0.1) is 0 Å². The van der Waals surface area contributed by atoms with Crippen LogP contribution in [0.5, 0.6) is 5.75 Å². The molecular formula is C25H29N6O5P. The second-order valence-electron chi connectivity index (χ2n) is 8.11. The number of esters is 1. The lowest BCUT2D eigenvalue weighted by molar-refractivity contribution is -0.145. The molecule has 0 bridgehead atoms. The molecule has 0 saturated carbocycles. The highest BCUT2D eigenvalue weighted by Crippen LogP contribution is 2.44. The van der Waals surface area contributed by atoms with E-state index in [1.54, 1.807) is 48.3 Å². The van der Waals surface area contributed by atoms with Gasteiger partial charge in [-0.1, -0.05) is 48.5 Å². The van der Waals surface area contributed by atoms with Crippen molar-refractivity contribution in [3.05, 3.63) is 78.8 Å². The number of fused-ring (bicyclic) bond motifs is 1. The Kier molecular flexibility index (Phi) is 8.84. The van der Waals surface area contributed by atoms with Crippen LogP contribution in [0.4, 0.5) is 5.95 Å². The molecule has 1 unspecified atom stereocenters. The van der Waals surface area contributed by atoms with Gasteiger partial charge in [-0.05, 0) is 31.0 Å². The van der Waals surface area contributed by atoms with Gasteiger partial charge < -0.3 is 24.3 Å². The minimum absolute atomic E-state index is 0.142. The minimum Gasteiger partial charge on any atom is -0.465 e. The molecule has 0 aliphatic heterocycles. The highest BCUT2D eigenvalue weighted by atomic mass is 31.2. The van der Waals surface area contributed by atoms with Crippen LogP contribution < -0.4 is 15.3 Å². The normalized spacial score (nSPS) is 13.6. The smallest absolute Gasteiger partial charge is 0.342 e. The number of anilines is 1. The van der Waals surface area contributed by atoms with Crippen LogP contribution in [0.25, 0.3) is 11.2 Å². The van der Waals surface area contributed by atoms with Gasteiger partial charge in [0.1, 0.15) is 23.7 Å². The number of nitrogens with zero attached hydrogens (tertiary/aromatic N) is 4. The van der Waals surface area contributed by atoms with E-state index in [4.69, 9.17) is 19.7 Å². The first-order valence-electron chi connectivity index (χ1n) is 11.8. The molecule has 0 amide bonds. The molecule has 0 saturated heterocycles. The summed E-state index contributed by atoms with van der Waals surface area (Å²) in [6.45, 7) is 2.48. The summed E-state index contributed by atoms with van der Waals surface area (Å²) in [6.07, 6.45) is 3.14. The lowest BCUT2D eigenvalue weighted by atomic mass is 10.1. The third-order valence-corrected chi connectivity index (χ3v) is 7.05. The third kappa shape index (κ3) is 7.36. The van der Waals surface area contributed by atoms with Gasteiger partial charge in [-0.2, -0.15) is 4.98 Å². The van der Waals surface area contributed by atoms with E-state index >= 15 is 0 Å². The molecule has 12 heteroatoms. The van der Waals surface area contributed by atoms with Crippen molar-refractivity contribution in [2.45, 2.75) is 25.9 Å². The average Bonchev–Trinajstić information content (AvgIpc) is 3.29. The third-order valence-electron chi connectivity index (χ3n) is 5.32. The Morgan fingerprint density at radius 2 is 1.84 bits per heavy atom. The van der Waals surface area contributed by atoms with Gasteiger partial charge in [0.05, 0.1) is 25.7 Å². The van der Waals surface area contributed by atoms with Gasteiger partial charge in [-0.3, -0.25) is 9.36 Å². The van der Waals surface area contributed by atoms with E-state index in [1.807, 2.05) is 36.4 Å². The van der Waals surface area contributed by atoms with E-state index in [0.717, 1.165) is 5.56 Å². The van der Waals surface area contributed by atoms with Crippen LogP contribution >= 0.6 is 7.52 Å². The maximum Gasteiger partial charge on any atom is 0.342 e. The van der Waals surface area contributed by atoms with Crippen molar-refractivity contribution in [3.63, 3.8) is 0 Å².